The quantitative estimate of drug-likeness (QED) is 0.647. The van der Waals surface area contributed by atoms with Crippen LogP contribution in [0.15, 0.2) is 18.2 Å². The van der Waals surface area contributed by atoms with Crippen molar-refractivity contribution in [1.82, 2.24) is 10.2 Å². The largest absolute Gasteiger partial charge is 0.396 e. The van der Waals surface area contributed by atoms with Crippen molar-refractivity contribution in [2.75, 3.05) is 25.4 Å². The standard InChI is InChI=1S/C16H24FN3O/c1-12-5-2-3-9-20(12)10-4-8-19-16(21)13-6-7-14(17)15(18)11-13/h6-7,11-12H,2-5,8-10,18H2,1H3,(H,19,21). The topological polar surface area (TPSA) is 58.4 Å². The van der Waals surface area contributed by atoms with Gasteiger partial charge in [-0.1, -0.05) is 6.42 Å². The van der Waals surface area contributed by atoms with Crippen molar-refractivity contribution in [2.45, 2.75) is 38.6 Å². The molecule has 0 saturated carbocycles. The van der Waals surface area contributed by atoms with E-state index in [1.165, 1.54) is 37.5 Å². The van der Waals surface area contributed by atoms with Gasteiger partial charge in [0.1, 0.15) is 5.82 Å². The van der Waals surface area contributed by atoms with Crippen molar-refractivity contribution in [3.63, 3.8) is 0 Å². The van der Waals surface area contributed by atoms with E-state index in [-0.39, 0.29) is 11.6 Å². The highest BCUT2D eigenvalue weighted by atomic mass is 19.1. The number of hydrogen-bond donors (Lipinski definition) is 2. The highest BCUT2D eigenvalue weighted by Crippen LogP contribution is 2.16. The molecule has 1 fully saturated rings. The fourth-order valence-electron chi connectivity index (χ4n) is 2.76. The Morgan fingerprint density at radius 1 is 1.48 bits per heavy atom. The molecule has 0 spiro atoms. The van der Waals surface area contributed by atoms with E-state index in [4.69, 9.17) is 5.73 Å². The van der Waals surface area contributed by atoms with Crippen LogP contribution < -0.4 is 11.1 Å². The maximum atomic E-state index is 13.0. The molecule has 0 aliphatic carbocycles. The van der Waals surface area contributed by atoms with Crippen LogP contribution >= 0.6 is 0 Å². The number of benzene rings is 1. The van der Waals surface area contributed by atoms with Gasteiger partial charge in [-0.05, 0) is 50.9 Å². The van der Waals surface area contributed by atoms with Crippen molar-refractivity contribution in [3.05, 3.63) is 29.6 Å². The molecule has 0 aromatic heterocycles. The monoisotopic (exact) mass is 293 g/mol. The lowest BCUT2D eigenvalue weighted by atomic mass is 10.0. The van der Waals surface area contributed by atoms with Gasteiger partial charge in [-0.15, -0.1) is 0 Å². The van der Waals surface area contributed by atoms with E-state index in [1.807, 2.05) is 0 Å². The molecule has 1 heterocycles. The molecule has 1 unspecified atom stereocenters. The molecule has 21 heavy (non-hydrogen) atoms. The summed E-state index contributed by atoms with van der Waals surface area (Å²) in [6, 6.07) is 4.69. The molecule has 3 N–H and O–H groups in total. The smallest absolute Gasteiger partial charge is 0.251 e. The Hall–Kier alpha value is -1.62. The molecule has 1 saturated heterocycles. The van der Waals surface area contributed by atoms with E-state index in [9.17, 15) is 9.18 Å². The zero-order valence-corrected chi connectivity index (χ0v) is 12.6. The molecule has 1 aliphatic heterocycles. The van der Waals surface area contributed by atoms with Crippen molar-refractivity contribution in [2.24, 2.45) is 0 Å². The second-order valence-corrected chi connectivity index (χ2v) is 5.73. The summed E-state index contributed by atoms with van der Waals surface area (Å²) in [6.07, 6.45) is 4.78. The average Bonchev–Trinajstić information content (AvgIpc) is 2.48. The number of rotatable bonds is 5. The van der Waals surface area contributed by atoms with Crippen LogP contribution in [-0.4, -0.2) is 36.5 Å². The lowest BCUT2D eigenvalue weighted by Crippen LogP contribution is -2.39. The van der Waals surface area contributed by atoms with Gasteiger partial charge >= 0.3 is 0 Å². The Labute approximate surface area is 125 Å². The third kappa shape index (κ3) is 4.43. The fourth-order valence-corrected chi connectivity index (χ4v) is 2.76. The number of nitrogens with one attached hydrogen (secondary N) is 1. The van der Waals surface area contributed by atoms with E-state index >= 15 is 0 Å². The summed E-state index contributed by atoms with van der Waals surface area (Å²) < 4.78 is 13.0. The zero-order chi connectivity index (χ0) is 15.2. The van der Waals surface area contributed by atoms with Crippen LogP contribution in [0.3, 0.4) is 0 Å². The number of carbonyl (C=O) groups is 1. The zero-order valence-electron chi connectivity index (χ0n) is 12.6. The second-order valence-electron chi connectivity index (χ2n) is 5.73. The molecule has 5 heteroatoms. The third-order valence-electron chi connectivity index (χ3n) is 4.11. The molecule has 1 amide bonds. The molecule has 1 aliphatic rings. The second kappa shape index (κ2) is 7.41. The Kier molecular flexibility index (Phi) is 5.56. The van der Waals surface area contributed by atoms with Crippen molar-refractivity contribution >= 4 is 11.6 Å². The molecule has 4 nitrogen and oxygen atoms in total. The van der Waals surface area contributed by atoms with E-state index in [0.717, 1.165) is 19.5 Å². The summed E-state index contributed by atoms with van der Waals surface area (Å²) in [7, 11) is 0. The van der Waals surface area contributed by atoms with Crippen LogP contribution in [0.2, 0.25) is 0 Å². The van der Waals surface area contributed by atoms with Gasteiger partial charge in [-0.3, -0.25) is 4.79 Å². The summed E-state index contributed by atoms with van der Waals surface area (Å²) in [5.74, 6) is -0.695. The van der Waals surface area contributed by atoms with Gasteiger partial charge in [-0.25, -0.2) is 4.39 Å². The van der Waals surface area contributed by atoms with E-state index in [0.29, 0.717) is 18.2 Å². The maximum absolute atomic E-state index is 13.0. The molecule has 0 radical (unpaired) electrons. The minimum absolute atomic E-state index is 0.00444. The number of amides is 1. The first-order valence-corrected chi connectivity index (χ1v) is 7.65. The fraction of sp³-hybridized carbons (Fsp3) is 0.562. The van der Waals surface area contributed by atoms with Crippen LogP contribution in [0.4, 0.5) is 10.1 Å². The summed E-state index contributed by atoms with van der Waals surface area (Å²) in [5, 5.41) is 2.86. The maximum Gasteiger partial charge on any atom is 0.251 e. The first-order valence-electron chi connectivity index (χ1n) is 7.65. The van der Waals surface area contributed by atoms with Gasteiger partial charge < -0.3 is 16.0 Å². The number of nitrogen functional groups attached to an aromatic ring is 1. The van der Waals surface area contributed by atoms with Crippen LogP contribution in [-0.2, 0) is 0 Å². The van der Waals surface area contributed by atoms with Crippen molar-refractivity contribution in [3.8, 4) is 0 Å². The average molecular weight is 293 g/mol. The number of piperidine rings is 1. The van der Waals surface area contributed by atoms with Gasteiger partial charge in [0, 0.05) is 24.7 Å². The number of halogens is 1. The molecule has 1 aromatic rings. The Morgan fingerprint density at radius 3 is 3.00 bits per heavy atom. The van der Waals surface area contributed by atoms with Gasteiger partial charge in [0.15, 0.2) is 0 Å². The normalized spacial score (nSPS) is 19.4. The van der Waals surface area contributed by atoms with Crippen LogP contribution in [0.1, 0.15) is 43.0 Å². The molecule has 2 rings (SSSR count). The summed E-state index contributed by atoms with van der Waals surface area (Å²) in [4.78, 5) is 14.4. The van der Waals surface area contributed by atoms with Gasteiger partial charge in [0.25, 0.3) is 5.91 Å². The molecular weight excluding hydrogens is 269 g/mol. The molecule has 116 valence electrons. The van der Waals surface area contributed by atoms with E-state index in [2.05, 4.69) is 17.1 Å². The summed E-state index contributed by atoms with van der Waals surface area (Å²) >= 11 is 0. The highest BCUT2D eigenvalue weighted by molar-refractivity contribution is 5.94. The first-order chi connectivity index (χ1) is 10.1. The third-order valence-corrected chi connectivity index (χ3v) is 4.11. The van der Waals surface area contributed by atoms with Crippen molar-refractivity contribution < 1.29 is 9.18 Å². The van der Waals surface area contributed by atoms with Crippen LogP contribution in [0.5, 0.6) is 0 Å². The number of likely N-dealkylation sites (tertiary alicyclic amines) is 1. The Bertz CT molecular complexity index is 492. The van der Waals surface area contributed by atoms with Gasteiger partial charge in [0.05, 0.1) is 5.69 Å². The lowest BCUT2D eigenvalue weighted by molar-refractivity contribution is 0.0949. The molecule has 1 atom stereocenters. The number of anilines is 1. The predicted octanol–water partition coefficient (Wildman–Crippen LogP) is 2.40. The number of carbonyl (C=O) groups excluding carboxylic acids is 1. The highest BCUT2D eigenvalue weighted by Gasteiger charge is 2.17. The molecule has 1 aromatic carbocycles. The van der Waals surface area contributed by atoms with Crippen LogP contribution in [0.25, 0.3) is 0 Å². The predicted molar refractivity (Wildman–Crippen MR) is 82.6 cm³/mol. The summed E-state index contributed by atoms with van der Waals surface area (Å²) in [6.45, 7) is 5.05. The minimum atomic E-state index is -0.495. The molecular formula is C16H24FN3O. The van der Waals surface area contributed by atoms with Gasteiger partial charge in [0.2, 0.25) is 0 Å². The van der Waals surface area contributed by atoms with Crippen LogP contribution in [0, 0.1) is 5.82 Å². The number of nitrogens with two attached hydrogens (primary N) is 1. The first kappa shape index (κ1) is 15.8. The van der Waals surface area contributed by atoms with Crippen molar-refractivity contribution in [1.29, 1.82) is 0 Å². The number of hydrogen-bond acceptors (Lipinski definition) is 3. The molecule has 0 bridgehead atoms. The summed E-state index contributed by atoms with van der Waals surface area (Å²) in [5.41, 5.74) is 5.87. The lowest BCUT2D eigenvalue weighted by Gasteiger charge is -2.33. The van der Waals surface area contributed by atoms with Gasteiger partial charge in [-0.2, -0.15) is 0 Å². The Morgan fingerprint density at radius 2 is 2.29 bits per heavy atom. The van der Waals surface area contributed by atoms with E-state index in [1.54, 1.807) is 0 Å². The minimum Gasteiger partial charge on any atom is -0.396 e. The Balaban J connectivity index is 1.72. The number of nitrogens with zero attached hydrogens (tertiary/aromatic N) is 1. The van der Waals surface area contributed by atoms with E-state index < -0.39 is 5.82 Å². The SMILES string of the molecule is CC1CCCCN1CCCNC(=O)c1ccc(F)c(N)c1.